The van der Waals surface area contributed by atoms with Crippen LogP contribution in [0, 0.1) is 5.82 Å². The zero-order valence-electron chi connectivity index (χ0n) is 10.5. The Morgan fingerprint density at radius 3 is 2.67 bits per heavy atom. The predicted octanol–water partition coefficient (Wildman–Crippen LogP) is 3.35. The lowest BCUT2D eigenvalue weighted by Crippen LogP contribution is -2.07. The number of halogens is 2. The molecule has 3 nitrogen and oxygen atoms in total. The molecule has 0 unspecified atom stereocenters. The van der Waals surface area contributed by atoms with E-state index in [1.165, 1.54) is 12.1 Å². The first-order valence-electron chi connectivity index (χ1n) is 6.00. The minimum Gasteiger partial charge on any atom is -0.245 e. The van der Waals surface area contributed by atoms with Crippen LogP contribution in [0.1, 0.15) is 31.1 Å². The van der Waals surface area contributed by atoms with Crippen molar-refractivity contribution in [2.75, 3.05) is 0 Å². The molecule has 0 saturated heterocycles. The molecule has 0 fully saturated rings. The van der Waals surface area contributed by atoms with Crippen molar-refractivity contribution >= 4 is 15.9 Å². The second kappa shape index (κ2) is 5.61. The Morgan fingerprint density at radius 1 is 1.28 bits per heavy atom. The summed E-state index contributed by atoms with van der Waals surface area (Å²) in [5.41, 5.74) is 0.999. The molecule has 2 aromatic rings. The Balaban J connectivity index is 2.30. The molecule has 0 atom stereocenters. The fraction of sp³-hybridized carbons (Fsp3) is 0.385. The number of benzene rings is 1. The smallest absolute Gasteiger partial charge is 0.150 e. The van der Waals surface area contributed by atoms with E-state index in [-0.39, 0.29) is 5.82 Å². The average Bonchev–Trinajstić information content (AvgIpc) is 2.75. The highest BCUT2D eigenvalue weighted by molar-refractivity contribution is 9.10. The van der Waals surface area contributed by atoms with E-state index in [1.54, 1.807) is 6.07 Å². The standard InChI is InChI=1S/C13H15BrFN3/c1-3-12-16-13(4-2)18(17-12)8-9-5-6-10(15)7-11(9)14/h5-7H,3-4,8H2,1-2H3. The van der Waals surface area contributed by atoms with Crippen LogP contribution >= 0.6 is 15.9 Å². The maximum Gasteiger partial charge on any atom is 0.150 e. The van der Waals surface area contributed by atoms with Gasteiger partial charge in [-0.15, -0.1) is 0 Å². The molecule has 0 bridgehead atoms. The Bertz CT molecular complexity index is 551. The van der Waals surface area contributed by atoms with Crippen molar-refractivity contribution < 1.29 is 4.39 Å². The molecule has 0 aliphatic carbocycles. The molecule has 1 aromatic heterocycles. The van der Waals surface area contributed by atoms with Gasteiger partial charge in [0.25, 0.3) is 0 Å². The molecular formula is C13H15BrFN3. The van der Waals surface area contributed by atoms with Gasteiger partial charge in [0.15, 0.2) is 5.82 Å². The van der Waals surface area contributed by atoms with E-state index in [9.17, 15) is 4.39 Å². The first kappa shape index (κ1) is 13.2. The zero-order chi connectivity index (χ0) is 13.1. The maximum absolute atomic E-state index is 13.0. The monoisotopic (exact) mass is 311 g/mol. The molecule has 2 rings (SSSR count). The van der Waals surface area contributed by atoms with Crippen molar-refractivity contribution in [3.05, 3.63) is 45.7 Å². The van der Waals surface area contributed by atoms with Gasteiger partial charge in [0.2, 0.25) is 0 Å². The molecule has 5 heteroatoms. The quantitative estimate of drug-likeness (QED) is 0.867. The first-order chi connectivity index (χ1) is 8.63. The van der Waals surface area contributed by atoms with Gasteiger partial charge in [0.05, 0.1) is 6.54 Å². The minimum absolute atomic E-state index is 0.242. The van der Waals surface area contributed by atoms with Crippen molar-refractivity contribution in [1.82, 2.24) is 14.8 Å². The van der Waals surface area contributed by atoms with Crippen molar-refractivity contribution in [3.63, 3.8) is 0 Å². The summed E-state index contributed by atoms with van der Waals surface area (Å²) >= 11 is 3.37. The van der Waals surface area contributed by atoms with Crippen LogP contribution in [0.3, 0.4) is 0 Å². The fourth-order valence-corrected chi connectivity index (χ4v) is 2.25. The van der Waals surface area contributed by atoms with Gasteiger partial charge in [-0.25, -0.2) is 14.1 Å². The normalized spacial score (nSPS) is 10.9. The molecule has 0 saturated carbocycles. The summed E-state index contributed by atoms with van der Waals surface area (Å²) in [6, 6.07) is 4.70. The topological polar surface area (TPSA) is 30.7 Å². The maximum atomic E-state index is 13.0. The van der Waals surface area contributed by atoms with Crippen LogP contribution in [0.15, 0.2) is 22.7 Å². The molecule has 0 N–H and O–H groups in total. The summed E-state index contributed by atoms with van der Waals surface area (Å²) in [6.07, 6.45) is 1.66. The van der Waals surface area contributed by atoms with Crippen molar-refractivity contribution in [3.8, 4) is 0 Å². The lowest BCUT2D eigenvalue weighted by Gasteiger charge is -2.06. The van der Waals surface area contributed by atoms with Crippen molar-refractivity contribution in [1.29, 1.82) is 0 Å². The van der Waals surface area contributed by atoms with Crippen LogP contribution in [-0.4, -0.2) is 14.8 Å². The van der Waals surface area contributed by atoms with E-state index in [2.05, 4.69) is 32.9 Å². The van der Waals surface area contributed by atoms with Gasteiger partial charge in [-0.2, -0.15) is 5.10 Å². The molecule has 0 aliphatic heterocycles. The van der Waals surface area contributed by atoms with Crippen LogP contribution < -0.4 is 0 Å². The number of hydrogen-bond acceptors (Lipinski definition) is 2. The minimum atomic E-state index is -0.242. The van der Waals surface area contributed by atoms with E-state index in [0.717, 1.165) is 34.5 Å². The van der Waals surface area contributed by atoms with Crippen LogP contribution in [-0.2, 0) is 19.4 Å². The highest BCUT2D eigenvalue weighted by atomic mass is 79.9. The number of aryl methyl sites for hydroxylation is 2. The average molecular weight is 312 g/mol. The largest absolute Gasteiger partial charge is 0.245 e. The van der Waals surface area contributed by atoms with Gasteiger partial charge in [0, 0.05) is 17.3 Å². The van der Waals surface area contributed by atoms with Gasteiger partial charge < -0.3 is 0 Å². The molecule has 96 valence electrons. The Labute approximate surface area is 114 Å². The lowest BCUT2D eigenvalue weighted by molar-refractivity contribution is 0.616. The van der Waals surface area contributed by atoms with E-state index < -0.39 is 0 Å². The van der Waals surface area contributed by atoms with Crippen LogP contribution in [0.4, 0.5) is 4.39 Å². The second-order valence-electron chi connectivity index (χ2n) is 4.04. The molecule has 0 spiro atoms. The number of aromatic nitrogens is 3. The van der Waals surface area contributed by atoms with Crippen molar-refractivity contribution in [2.45, 2.75) is 33.2 Å². The predicted molar refractivity (Wildman–Crippen MR) is 72.0 cm³/mol. The second-order valence-corrected chi connectivity index (χ2v) is 4.90. The third-order valence-corrected chi connectivity index (χ3v) is 3.50. The number of rotatable bonds is 4. The van der Waals surface area contributed by atoms with Gasteiger partial charge in [-0.05, 0) is 17.7 Å². The Morgan fingerprint density at radius 2 is 2.06 bits per heavy atom. The van der Waals surface area contributed by atoms with Gasteiger partial charge in [0.1, 0.15) is 11.6 Å². The molecule has 1 aromatic carbocycles. The molecular weight excluding hydrogens is 297 g/mol. The van der Waals surface area contributed by atoms with E-state index in [1.807, 2.05) is 11.6 Å². The summed E-state index contributed by atoms with van der Waals surface area (Å²) in [7, 11) is 0. The highest BCUT2D eigenvalue weighted by Gasteiger charge is 2.09. The molecule has 18 heavy (non-hydrogen) atoms. The Hall–Kier alpha value is -1.23. The summed E-state index contributed by atoms with van der Waals surface area (Å²) in [4.78, 5) is 4.45. The van der Waals surface area contributed by atoms with Crippen LogP contribution in [0.25, 0.3) is 0 Å². The van der Waals surface area contributed by atoms with E-state index >= 15 is 0 Å². The molecule has 0 radical (unpaired) electrons. The third-order valence-electron chi connectivity index (χ3n) is 2.76. The zero-order valence-corrected chi connectivity index (χ0v) is 12.0. The van der Waals surface area contributed by atoms with Crippen molar-refractivity contribution in [2.24, 2.45) is 0 Å². The summed E-state index contributed by atoms with van der Waals surface area (Å²) in [6.45, 7) is 4.70. The molecule has 1 heterocycles. The van der Waals surface area contributed by atoms with E-state index in [4.69, 9.17) is 0 Å². The summed E-state index contributed by atoms with van der Waals surface area (Å²) in [5, 5.41) is 4.45. The van der Waals surface area contributed by atoms with Gasteiger partial charge in [-0.1, -0.05) is 35.8 Å². The number of hydrogen-bond donors (Lipinski definition) is 0. The molecule has 0 amide bonds. The summed E-state index contributed by atoms with van der Waals surface area (Å²) in [5.74, 6) is 1.57. The highest BCUT2D eigenvalue weighted by Crippen LogP contribution is 2.19. The summed E-state index contributed by atoms with van der Waals surface area (Å²) < 4.78 is 15.7. The number of nitrogens with zero attached hydrogens (tertiary/aromatic N) is 3. The Kier molecular flexibility index (Phi) is 4.11. The van der Waals surface area contributed by atoms with Crippen LogP contribution in [0.5, 0.6) is 0 Å². The fourth-order valence-electron chi connectivity index (χ4n) is 1.78. The van der Waals surface area contributed by atoms with Gasteiger partial charge >= 0.3 is 0 Å². The van der Waals surface area contributed by atoms with Crippen LogP contribution in [0.2, 0.25) is 0 Å². The SMILES string of the molecule is CCc1nc(CC)n(Cc2ccc(F)cc2Br)n1. The lowest BCUT2D eigenvalue weighted by atomic mass is 10.2. The molecule has 0 aliphatic rings. The van der Waals surface area contributed by atoms with Gasteiger partial charge in [-0.3, -0.25) is 0 Å². The first-order valence-corrected chi connectivity index (χ1v) is 6.79. The third kappa shape index (κ3) is 2.77. The van der Waals surface area contributed by atoms with E-state index in [0.29, 0.717) is 6.54 Å².